The van der Waals surface area contributed by atoms with Crippen molar-refractivity contribution in [2.45, 2.75) is 32.7 Å². The second-order valence-electron chi connectivity index (χ2n) is 5.15. The molecule has 1 aromatic heterocycles. The van der Waals surface area contributed by atoms with Crippen LogP contribution in [0.2, 0.25) is 0 Å². The van der Waals surface area contributed by atoms with Crippen molar-refractivity contribution in [1.29, 1.82) is 0 Å². The number of carbonyl (C=O) groups excluding carboxylic acids is 1. The predicted octanol–water partition coefficient (Wildman–Crippen LogP) is 3.88. The van der Waals surface area contributed by atoms with Crippen LogP contribution >= 0.6 is 11.6 Å². The number of carbonyl (C=O) groups is 1. The van der Waals surface area contributed by atoms with E-state index in [1.807, 2.05) is 39.0 Å². The van der Waals surface area contributed by atoms with Gasteiger partial charge in [-0.3, -0.25) is 4.79 Å². The van der Waals surface area contributed by atoms with Gasteiger partial charge in [0.15, 0.2) is 5.76 Å². The van der Waals surface area contributed by atoms with Crippen LogP contribution in [0.5, 0.6) is 0 Å². The summed E-state index contributed by atoms with van der Waals surface area (Å²) in [5, 5.41) is 3.86. The maximum absolute atomic E-state index is 12.2. The fourth-order valence-corrected chi connectivity index (χ4v) is 2.08. The predicted molar refractivity (Wildman–Crippen MR) is 77.8 cm³/mol. The van der Waals surface area contributed by atoms with Crippen LogP contribution in [0, 0.1) is 6.92 Å². The first-order valence-corrected chi connectivity index (χ1v) is 6.89. The topological polar surface area (TPSA) is 42.2 Å². The van der Waals surface area contributed by atoms with Crippen LogP contribution in [0.15, 0.2) is 28.7 Å². The Morgan fingerprint density at radius 3 is 2.79 bits per heavy atom. The van der Waals surface area contributed by atoms with Crippen molar-refractivity contribution in [3.05, 3.63) is 35.6 Å². The third kappa shape index (κ3) is 2.92. The molecule has 1 N–H and O–H groups in total. The van der Waals surface area contributed by atoms with Crippen molar-refractivity contribution in [3.63, 3.8) is 0 Å². The van der Waals surface area contributed by atoms with Crippen molar-refractivity contribution in [2.75, 3.05) is 5.88 Å². The molecular formula is C15H18ClNO2. The Bertz CT molecular complexity index is 599. The van der Waals surface area contributed by atoms with Crippen LogP contribution in [-0.2, 0) is 0 Å². The van der Waals surface area contributed by atoms with Gasteiger partial charge in [0.1, 0.15) is 5.58 Å². The second kappa shape index (κ2) is 5.25. The highest BCUT2D eigenvalue weighted by Gasteiger charge is 2.25. The summed E-state index contributed by atoms with van der Waals surface area (Å²) in [6, 6.07) is 7.60. The van der Waals surface area contributed by atoms with Gasteiger partial charge in [-0.05, 0) is 38.5 Å². The van der Waals surface area contributed by atoms with Gasteiger partial charge < -0.3 is 9.73 Å². The molecule has 0 spiro atoms. The lowest BCUT2D eigenvalue weighted by atomic mass is 10.0. The van der Waals surface area contributed by atoms with Crippen LogP contribution in [0.3, 0.4) is 0 Å². The number of alkyl halides is 1. The van der Waals surface area contributed by atoms with Gasteiger partial charge in [-0.25, -0.2) is 0 Å². The number of fused-ring (bicyclic) bond motifs is 1. The fraction of sp³-hybridized carbons (Fsp3) is 0.400. The van der Waals surface area contributed by atoms with Crippen molar-refractivity contribution in [1.82, 2.24) is 5.32 Å². The molecule has 0 bridgehead atoms. The maximum atomic E-state index is 12.2. The first-order chi connectivity index (χ1) is 8.97. The fourth-order valence-electron chi connectivity index (χ4n) is 1.83. The highest BCUT2D eigenvalue weighted by Crippen LogP contribution is 2.21. The zero-order valence-electron chi connectivity index (χ0n) is 11.4. The third-order valence-electron chi connectivity index (χ3n) is 3.39. The molecule has 19 heavy (non-hydrogen) atoms. The van der Waals surface area contributed by atoms with E-state index in [0.29, 0.717) is 11.6 Å². The second-order valence-corrected chi connectivity index (χ2v) is 5.42. The minimum atomic E-state index is -0.409. The Kier molecular flexibility index (Phi) is 3.85. The van der Waals surface area contributed by atoms with E-state index in [0.717, 1.165) is 23.0 Å². The standard InChI is InChI=1S/C15H18ClNO2/c1-4-15(3,9-16)17-14(18)13-8-11-7-10(2)5-6-12(11)19-13/h5-8H,4,9H2,1-3H3,(H,17,18). The average Bonchev–Trinajstić information content (AvgIpc) is 2.81. The summed E-state index contributed by atoms with van der Waals surface area (Å²) in [4.78, 5) is 12.2. The van der Waals surface area contributed by atoms with E-state index in [9.17, 15) is 4.79 Å². The highest BCUT2D eigenvalue weighted by atomic mass is 35.5. The molecule has 1 heterocycles. The zero-order valence-corrected chi connectivity index (χ0v) is 12.2. The van der Waals surface area contributed by atoms with Gasteiger partial charge in [-0.2, -0.15) is 0 Å². The van der Waals surface area contributed by atoms with Gasteiger partial charge in [0, 0.05) is 11.3 Å². The molecule has 0 aliphatic rings. The summed E-state index contributed by atoms with van der Waals surface area (Å²) >= 11 is 5.89. The molecule has 2 rings (SSSR count). The van der Waals surface area contributed by atoms with Crippen LogP contribution < -0.4 is 5.32 Å². The minimum absolute atomic E-state index is 0.223. The molecule has 2 aromatic rings. The Hall–Kier alpha value is -1.48. The lowest BCUT2D eigenvalue weighted by Gasteiger charge is -2.26. The molecular weight excluding hydrogens is 262 g/mol. The lowest BCUT2D eigenvalue weighted by molar-refractivity contribution is 0.0886. The van der Waals surface area contributed by atoms with Gasteiger partial charge in [0.05, 0.1) is 5.54 Å². The molecule has 102 valence electrons. The summed E-state index contributed by atoms with van der Waals surface area (Å²) in [6.45, 7) is 5.92. The summed E-state index contributed by atoms with van der Waals surface area (Å²) < 4.78 is 5.56. The number of hydrogen-bond acceptors (Lipinski definition) is 2. The number of benzene rings is 1. The molecule has 1 amide bonds. The molecule has 1 aromatic carbocycles. The largest absolute Gasteiger partial charge is 0.451 e. The van der Waals surface area contributed by atoms with E-state index in [4.69, 9.17) is 16.0 Å². The quantitative estimate of drug-likeness (QED) is 0.863. The molecule has 0 saturated carbocycles. The molecule has 0 aliphatic heterocycles. The van der Waals surface area contributed by atoms with Gasteiger partial charge in [-0.1, -0.05) is 18.6 Å². The van der Waals surface area contributed by atoms with Gasteiger partial charge in [0.2, 0.25) is 0 Å². The van der Waals surface area contributed by atoms with E-state index < -0.39 is 5.54 Å². The van der Waals surface area contributed by atoms with E-state index >= 15 is 0 Å². The van der Waals surface area contributed by atoms with Gasteiger partial charge in [-0.15, -0.1) is 11.6 Å². The lowest BCUT2D eigenvalue weighted by Crippen LogP contribution is -2.46. The van der Waals surface area contributed by atoms with Crippen molar-refractivity contribution >= 4 is 28.5 Å². The van der Waals surface area contributed by atoms with Crippen molar-refractivity contribution in [3.8, 4) is 0 Å². The van der Waals surface area contributed by atoms with Crippen LogP contribution in [-0.4, -0.2) is 17.3 Å². The summed E-state index contributed by atoms with van der Waals surface area (Å²) in [5.74, 6) is 0.471. The average molecular weight is 280 g/mol. The Balaban J connectivity index is 2.27. The smallest absolute Gasteiger partial charge is 0.287 e. The molecule has 0 fully saturated rings. The van der Waals surface area contributed by atoms with Crippen LogP contribution in [0.4, 0.5) is 0 Å². The van der Waals surface area contributed by atoms with E-state index in [1.54, 1.807) is 6.07 Å². The molecule has 0 radical (unpaired) electrons. The summed E-state index contributed by atoms with van der Waals surface area (Å²) in [7, 11) is 0. The summed E-state index contributed by atoms with van der Waals surface area (Å²) in [6.07, 6.45) is 0.765. The Labute approximate surface area is 117 Å². The number of nitrogens with one attached hydrogen (secondary N) is 1. The zero-order chi connectivity index (χ0) is 14.0. The molecule has 0 aliphatic carbocycles. The Morgan fingerprint density at radius 2 is 2.16 bits per heavy atom. The minimum Gasteiger partial charge on any atom is -0.451 e. The molecule has 3 nitrogen and oxygen atoms in total. The Morgan fingerprint density at radius 1 is 1.42 bits per heavy atom. The number of amides is 1. The van der Waals surface area contributed by atoms with E-state index in [1.165, 1.54) is 0 Å². The SMILES string of the molecule is CCC(C)(CCl)NC(=O)c1cc2cc(C)ccc2o1. The van der Waals surface area contributed by atoms with Crippen molar-refractivity contribution in [2.24, 2.45) is 0 Å². The third-order valence-corrected chi connectivity index (χ3v) is 3.98. The molecule has 4 heteroatoms. The number of aryl methyl sites for hydroxylation is 1. The van der Waals surface area contributed by atoms with Gasteiger partial charge >= 0.3 is 0 Å². The maximum Gasteiger partial charge on any atom is 0.287 e. The van der Waals surface area contributed by atoms with Crippen LogP contribution in [0.1, 0.15) is 36.4 Å². The van der Waals surface area contributed by atoms with E-state index in [-0.39, 0.29) is 5.91 Å². The number of hydrogen-bond donors (Lipinski definition) is 1. The number of halogens is 1. The first-order valence-electron chi connectivity index (χ1n) is 6.36. The van der Waals surface area contributed by atoms with E-state index in [2.05, 4.69) is 5.32 Å². The van der Waals surface area contributed by atoms with Crippen molar-refractivity contribution < 1.29 is 9.21 Å². The number of rotatable bonds is 4. The van der Waals surface area contributed by atoms with Gasteiger partial charge in [0.25, 0.3) is 5.91 Å². The first kappa shape index (κ1) is 13.9. The highest BCUT2D eigenvalue weighted by molar-refractivity contribution is 6.18. The monoisotopic (exact) mass is 279 g/mol. The normalized spacial score (nSPS) is 14.3. The number of furan rings is 1. The molecule has 1 unspecified atom stereocenters. The molecule has 0 saturated heterocycles. The molecule has 1 atom stereocenters. The van der Waals surface area contributed by atoms with Crippen LogP contribution in [0.25, 0.3) is 11.0 Å². The summed E-state index contributed by atoms with van der Waals surface area (Å²) in [5.41, 5.74) is 1.45.